The van der Waals surface area contributed by atoms with Gasteiger partial charge in [-0.3, -0.25) is 4.79 Å². The third-order valence-corrected chi connectivity index (χ3v) is 4.59. The summed E-state index contributed by atoms with van der Waals surface area (Å²) >= 11 is 0. The van der Waals surface area contributed by atoms with Gasteiger partial charge in [0, 0.05) is 10.9 Å². The number of hydrogen-bond acceptors (Lipinski definition) is 2. The summed E-state index contributed by atoms with van der Waals surface area (Å²) in [6.07, 6.45) is 9.79. The lowest BCUT2D eigenvalue weighted by molar-refractivity contribution is 0.168. The Morgan fingerprint density at radius 3 is 2.35 bits per heavy atom. The van der Waals surface area contributed by atoms with Crippen molar-refractivity contribution in [1.29, 1.82) is 0 Å². The Balaban J connectivity index is 2.11. The van der Waals surface area contributed by atoms with Gasteiger partial charge in [-0.2, -0.15) is 4.73 Å². The third-order valence-electron chi connectivity index (χ3n) is 4.59. The van der Waals surface area contributed by atoms with Gasteiger partial charge in [0.2, 0.25) is 0 Å². The van der Waals surface area contributed by atoms with Gasteiger partial charge in [0.15, 0.2) is 5.43 Å². The van der Waals surface area contributed by atoms with E-state index in [2.05, 4.69) is 6.92 Å². The second kappa shape index (κ2) is 8.76. The lowest BCUT2D eigenvalue weighted by Crippen LogP contribution is -2.22. The Morgan fingerprint density at radius 2 is 1.65 bits per heavy atom. The molecule has 126 valence electrons. The van der Waals surface area contributed by atoms with Crippen LogP contribution in [-0.2, 0) is 6.42 Å². The zero-order chi connectivity index (χ0) is 16.7. The van der Waals surface area contributed by atoms with E-state index >= 15 is 0 Å². The van der Waals surface area contributed by atoms with Gasteiger partial charge in [0.05, 0.1) is 11.2 Å². The van der Waals surface area contributed by atoms with Gasteiger partial charge in [0.1, 0.15) is 7.11 Å². The van der Waals surface area contributed by atoms with Crippen LogP contribution in [0.5, 0.6) is 0 Å². The van der Waals surface area contributed by atoms with Crippen LogP contribution in [0.2, 0.25) is 0 Å². The van der Waals surface area contributed by atoms with E-state index in [1.807, 2.05) is 35.9 Å². The van der Waals surface area contributed by atoms with Crippen molar-refractivity contribution >= 4 is 10.9 Å². The van der Waals surface area contributed by atoms with Crippen molar-refractivity contribution in [1.82, 2.24) is 4.73 Å². The van der Waals surface area contributed by atoms with Crippen molar-refractivity contribution in [3.8, 4) is 0 Å². The van der Waals surface area contributed by atoms with Crippen molar-refractivity contribution in [3.05, 3.63) is 45.7 Å². The summed E-state index contributed by atoms with van der Waals surface area (Å²) in [7, 11) is 1.67. The Bertz CT molecular complexity index is 688. The Kier molecular flexibility index (Phi) is 6.69. The molecule has 0 spiro atoms. The zero-order valence-corrected chi connectivity index (χ0v) is 14.7. The number of rotatable bonds is 9. The first kappa shape index (κ1) is 17.6. The molecule has 2 rings (SSSR count). The summed E-state index contributed by atoms with van der Waals surface area (Å²) in [6.45, 7) is 4.16. The Hall–Kier alpha value is -1.77. The molecule has 2 aromatic rings. The molecule has 0 bridgehead atoms. The molecule has 0 aliphatic rings. The molecule has 1 aromatic carbocycles. The molecule has 0 radical (unpaired) electrons. The van der Waals surface area contributed by atoms with E-state index in [1.54, 1.807) is 7.11 Å². The number of fused-ring (bicyclic) bond motifs is 1. The molecule has 0 aliphatic heterocycles. The average Bonchev–Trinajstić information content (AvgIpc) is 2.58. The smallest absolute Gasteiger partial charge is 0.192 e. The monoisotopic (exact) mass is 315 g/mol. The molecule has 1 aromatic heterocycles. The van der Waals surface area contributed by atoms with Gasteiger partial charge in [-0.15, -0.1) is 0 Å². The molecule has 3 nitrogen and oxygen atoms in total. The van der Waals surface area contributed by atoms with Crippen LogP contribution in [0.1, 0.15) is 63.1 Å². The van der Waals surface area contributed by atoms with E-state index in [9.17, 15) is 4.79 Å². The number of benzene rings is 1. The lowest BCUT2D eigenvalue weighted by Gasteiger charge is -2.17. The summed E-state index contributed by atoms with van der Waals surface area (Å²) in [6, 6.07) is 7.68. The fourth-order valence-corrected chi connectivity index (χ4v) is 3.22. The summed E-state index contributed by atoms with van der Waals surface area (Å²) < 4.78 is 1.84. The second-order valence-electron chi connectivity index (χ2n) is 6.27. The topological polar surface area (TPSA) is 31.2 Å². The highest BCUT2D eigenvalue weighted by Gasteiger charge is 2.13. The summed E-state index contributed by atoms with van der Waals surface area (Å²) in [5.74, 6) is 0. The lowest BCUT2D eigenvalue weighted by atomic mass is 10.0. The van der Waals surface area contributed by atoms with Crippen LogP contribution in [-0.4, -0.2) is 11.8 Å². The van der Waals surface area contributed by atoms with E-state index < -0.39 is 0 Å². The molecule has 23 heavy (non-hydrogen) atoms. The molecule has 0 aliphatic carbocycles. The van der Waals surface area contributed by atoms with Crippen molar-refractivity contribution in [3.63, 3.8) is 0 Å². The SMILES string of the molecule is CCCCCCCCCc1c(C)c(=O)c2ccccc2n1OC. The van der Waals surface area contributed by atoms with Crippen LogP contribution in [0.4, 0.5) is 0 Å². The maximum atomic E-state index is 12.6. The normalized spacial score (nSPS) is 11.1. The average molecular weight is 315 g/mol. The summed E-state index contributed by atoms with van der Waals surface area (Å²) in [5.41, 5.74) is 2.83. The van der Waals surface area contributed by atoms with Gasteiger partial charge in [0.25, 0.3) is 0 Å². The highest BCUT2D eigenvalue weighted by Crippen LogP contribution is 2.17. The van der Waals surface area contributed by atoms with Crippen molar-refractivity contribution in [2.24, 2.45) is 0 Å². The van der Waals surface area contributed by atoms with Crippen LogP contribution in [0, 0.1) is 6.92 Å². The molecule has 0 amide bonds. The van der Waals surface area contributed by atoms with E-state index in [0.717, 1.165) is 35.0 Å². The van der Waals surface area contributed by atoms with Gasteiger partial charge in [-0.25, -0.2) is 0 Å². The van der Waals surface area contributed by atoms with Crippen molar-refractivity contribution in [2.75, 3.05) is 7.11 Å². The first-order valence-electron chi connectivity index (χ1n) is 8.88. The number of aromatic nitrogens is 1. The third kappa shape index (κ3) is 4.15. The van der Waals surface area contributed by atoms with Crippen LogP contribution >= 0.6 is 0 Å². The van der Waals surface area contributed by atoms with E-state index in [-0.39, 0.29) is 5.43 Å². The minimum Gasteiger partial charge on any atom is -0.417 e. The Labute approximate surface area is 139 Å². The number of hydrogen-bond donors (Lipinski definition) is 0. The summed E-state index contributed by atoms with van der Waals surface area (Å²) in [5, 5.41) is 0.732. The fourth-order valence-electron chi connectivity index (χ4n) is 3.22. The zero-order valence-electron chi connectivity index (χ0n) is 14.7. The predicted molar refractivity (Wildman–Crippen MR) is 97.1 cm³/mol. The predicted octanol–water partition coefficient (Wildman–Crippen LogP) is 4.66. The summed E-state index contributed by atoms with van der Waals surface area (Å²) in [4.78, 5) is 18.1. The fraction of sp³-hybridized carbons (Fsp3) is 0.550. The first-order chi connectivity index (χ1) is 11.2. The molecular formula is C20H29NO2. The number of pyridine rings is 1. The largest absolute Gasteiger partial charge is 0.417 e. The van der Waals surface area contributed by atoms with E-state index in [0.29, 0.717) is 0 Å². The molecule has 0 saturated heterocycles. The molecule has 0 unspecified atom stereocenters. The number of nitrogens with zero attached hydrogens (tertiary/aromatic N) is 1. The van der Waals surface area contributed by atoms with Gasteiger partial charge in [-0.1, -0.05) is 57.6 Å². The molecule has 0 N–H and O–H groups in total. The molecule has 0 atom stereocenters. The van der Waals surface area contributed by atoms with Gasteiger partial charge >= 0.3 is 0 Å². The van der Waals surface area contributed by atoms with E-state index in [1.165, 1.54) is 38.5 Å². The Morgan fingerprint density at radius 1 is 1.00 bits per heavy atom. The van der Waals surface area contributed by atoms with Crippen LogP contribution in [0.25, 0.3) is 10.9 Å². The maximum absolute atomic E-state index is 12.6. The first-order valence-corrected chi connectivity index (χ1v) is 8.88. The molecular weight excluding hydrogens is 286 g/mol. The number of para-hydroxylation sites is 1. The minimum absolute atomic E-state index is 0.131. The van der Waals surface area contributed by atoms with Gasteiger partial charge < -0.3 is 4.84 Å². The quantitative estimate of drug-likeness (QED) is 0.630. The van der Waals surface area contributed by atoms with Crippen molar-refractivity contribution in [2.45, 2.75) is 65.2 Å². The van der Waals surface area contributed by atoms with Crippen molar-refractivity contribution < 1.29 is 4.84 Å². The molecule has 3 heteroatoms. The van der Waals surface area contributed by atoms with Crippen LogP contribution in [0.15, 0.2) is 29.1 Å². The molecule has 0 fully saturated rings. The van der Waals surface area contributed by atoms with Gasteiger partial charge in [-0.05, 0) is 31.9 Å². The maximum Gasteiger partial charge on any atom is 0.192 e. The highest BCUT2D eigenvalue weighted by atomic mass is 16.6. The second-order valence-corrected chi connectivity index (χ2v) is 6.27. The minimum atomic E-state index is 0.131. The van der Waals surface area contributed by atoms with Crippen LogP contribution < -0.4 is 10.3 Å². The standard InChI is InChI=1S/C20H29NO2/c1-4-5-6-7-8-9-10-14-18-16(2)20(22)17-13-11-12-15-19(17)21(18)23-3/h11-13,15H,4-10,14H2,1-3H3. The number of unbranched alkanes of at least 4 members (excludes halogenated alkanes) is 6. The highest BCUT2D eigenvalue weighted by molar-refractivity contribution is 5.79. The van der Waals surface area contributed by atoms with E-state index in [4.69, 9.17) is 4.84 Å². The molecule has 0 saturated carbocycles. The van der Waals surface area contributed by atoms with Crippen LogP contribution in [0.3, 0.4) is 0 Å². The molecule has 1 heterocycles.